The fourth-order valence-electron chi connectivity index (χ4n) is 5.76. The van der Waals surface area contributed by atoms with E-state index in [2.05, 4.69) is 10.6 Å². The summed E-state index contributed by atoms with van der Waals surface area (Å²) < 4.78 is 0. The summed E-state index contributed by atoms with van der Waals surface area (Å²) in [5, 5.41) is 15.4. The average molecular weight is 462 g/mol. The third-order valence-corrected chi connectivity index (χ3v) is 7.41. The zero-order valence-corrected chi connectivity index (χ0v) is 18.9. The molecule has 0 radical (unpaired) electrons. The Morgan fingerprint density at radius 2 is 1.82 bits per heavy atom. The molecule has 5 rings (SSSR count). The normalized spacial score (nSPS) is 27.3. The molecule has 0 aromatic heterocycles. The fourth-order valence-corrected chi connectivity index (χ4v) is 5.76. The van der Waals surface area contributed by atoms with Crippen LogP contribution in [0.1, 0.15) is 36.5 Å². The number of benzene rings is 2. The summed E-state index contributed by atoms with van der Waals surface area (Å²) in [5.41, 5.74) is 1.92. The van der Waals surface area contributed by atoms with Gasteiger partial charge >= 0.3 is 5.97 Å². The van der Waals surface area contributed by atoms with E-state index in [-0.39, 0.29) is 37.1 Å². The summed E-state index contributed by atoms with van der Waals surface area (Å²) >= 11 is 0. The Hall–Kier alpha value is -3.52. The van der Waals surface area contributed by atoms with Gasteiger partial charge in [-0.25, -0.2) is 0 Å². The molecule has 8 nitrogen and oxygen atoms in total. The topological polar surface area (TPSA) is 116 Å². The number of nitrogens with one attached hydrogen (secondary N) is 2. The van der Waals surface area contributed by atoms with Gasteiger partial charge in [-0.1, -0.05) is 49.4 Å². The van der Waals surface area contributed by atoms with Crippen LogP contribution >= 0.6 is 0 Å². The van der Waals surface area contributed by atoms with Gasteiger partial charge < -0.3 is 10.4 Å². The molecule has 34 heavy (non-hydrogen) atoms. The van der Waals surface area contributed by atoms with Crippen molar-refractivity contribution in [3.05, 3.63) is 65.2 Å². The van der Waals surface area contributed by atoms with E-state index in [1.807, 2.05) is 55.5 Å². The van der Waals surface area contributed by atoms with Gasteiger partial charge in [0.15, 0.2) is 0 Å². The van der Waals surface area contributed by atoms with Crippen LogP contribution in [0.3, 0.4) is 0 Å². The lowest BCUT2D eigenvalue weighted by molar-refractivity contribution is -0.143. The van der Waals surface area contributed by atoms with Crippen LogP contribution in [-0.2, 0) is 37.6 Å². The van der Waals surface area contributed by atoms with Gasteiger partial charge in [-0.15, -0.1) is 0 Å². The lowest BCUT2D eigenvalue weighted by atomic mass is 9.76. The maximum atomic E-state index is 13.7. The number of nitrogens with zero attached hydrogens (tertiary/aromatic N) is 1. The molecule has 2 fully saturated rings. The van der Waals surface area contributed by atoms with Gasteiger partial charge in [0, 0.05) is 30.3 Å². The van der Waals surface area contributed by atoms with Gasteiger partial charge in [0.2, 0.25) is 17.7 Å². The molecule has 2 saturated heterocycles. The first-order valence-corrected chi connectivity index (χ1v) is 11.7. The van der Waals surface area contributed by atoms with E-state index < -0.39 is 29.4 Å². The standard InChI is InChI=1S/C26H27N3O5/c1-2-15-8-9-18-17(14-15)26(25(34)27-18)22-21(19(28-26)10-11-20(30)31)23(32)29(24(22)33)13-12-16-6-4-3-5-7-16/h3-9,14,19,21-22,28H,2,10-13H2,1H3,(H,27,34)(H,30,31)/t19-,21+,22-,26-/m0/s1. The van der Waals surface area contributed by atoms with Crippen LogP contribution < -0.4 is 10.6 Å². The largest absolute Gasteiger partial charge is 0.481 e. The van der Waals surface area contributed by atoms with Gasteiger partial charge in [-0.2, -0.15) is 0 Å². The van der Waals surface area contributed by atoms with E-state index in [4.69, 9.17) is 0 Å². The molecule has 2 aromatic carbocycles. The number of anilines is 1. The van der Waals surface area contributed by atoms with Crippen molar-refractivity contribution in [2.75, 3.05) is 11.9 Å². The third kappa shape index (κ3) is 3.32. The second-order valence-corrected chi connectivity index (χ2v) is 9.25. The average Bonchev–Trinajstić information content (AvgIpc) is 3.41. The summed E-state index contributed by atoms with van der Waals surface area (Å²) in [6.45, 7) is 2.23. The summed E-state index contributed by atoms with van der Waals surface area (Å²) in [7, 11) is 0. The molecule has 176 valence electrons. The maximum absolute atomic E-state index is 13.7. The number of amides is 3. The van der Waals surface area contributed by atoms with Gasteiger partial charge in [0.05, 0.1) is 11.8 Å². The number of carbonyl (C=O) groups is 4. The number of imide groups is 1. The van der Waals surface area contributed by atoms with Crippen LogP contribution in [0.25, 0.3) is 0 Å². The van der Waals surface area contributed by atoms with E-state index >= 15 is 0 Å². The number of likely N-dealkylation sites (tertiary alicyclic amines) is 1. The van der Waals surface area contributed by atoms with E-state index in [0.717, 1.165) is 17.5 Å². The molecule has 8 heteroatoms. The number of aliphatic carboxylic acids is 1. The minimum absolute atomic E-state index is 0.153. The molecule has 3 heterocycles. The highest BCUT2D eigenvalue weighted by molar-refractivity contribution is 6.15. The molecule has 3 amide bonds. The van der Waals surface area contributed by atoms with Crippen molar-refractivity contribution in [3.63, 3.8) is 0 Å². The van der Waals surface area contributed by atoms with Crippen LogP contribution in [0.4, 0.5) is 5.69 Å². The number of rotatable bonds is 7. The number of aryl methyl sites for hydroxylation is 1. The predicted molar refractivity (Wildman–Crippen MR) is 124 cm³/mol. The monoisotopic (exact) mass is 461 g/mol. The fraction of sp³-hybridized carbons (Fsp3) is 0.385. The molecule has 0 aliphatic carbocycles. The molecular formula is C26H27N3O5. The Labute approximate surface area is 197 Å². The van der Waals surface area contributed by atoms with E-state index in [1.54, 1.807) is 0 Å². The Bertz CT molecular complexity index is 1180. The Morgan fingerprint density at radius 1 is 1.06 bits per heavy atom. The zero-order valence-electron chi connectivity index (χ0n) is 18.9. The molecule has 2 aromatic rings. The van der Waals surface area contributed by atoms with Crippen molar-refractivity contribution < 1.29 is 24.3 Å². The second-order valence-electron chi connectivity index (χ2n) is 9.25. The van der Waals surface area contributed by atoms with E-state index in [1.165, 1.54) is 4.90 Å². The van der Waals surface area contributed by atoms with Crippen LogP contribution in [0, 0.1) is 11.8 Å². The number of carboxylic acids is 1. The van der Waals surface area contributed by atoms with Gasteiger partial charge in [0.25, 0.3) is 0 Å². The summed E-state index contributed by atoms with van der Waals surface area (Å²) in [6, 6.07) is 14.7. The molecule has 4 atom stereocenters. The second kappa shape index (κ2) is 8.36. The first-order valence-electron chi connectivity index (χ1n) is 11.7. The lowest BCUT2D eigenvalue weighted by Crippen LogP contribution is -2.53. The number of carboxylic acid groups (broad SMARTS) is 1. The molecule has 3 aliphatic rings. The predicted octanol–water partition coefficient (Wildman–Crippen LogP) is 2.08. The SMILES string of the molecule is CCc1ccc2c(c1)[C@@]1(N[C@@H](CCC(=O)O)[C@H]3C(=O)N(CCc4ccccc4)C(=O)[C@H]31)C(=O)N2. The highest BCUT2D eigenvalue weighted by Gasteiger charge is 2.70. The minimum Gasteiger partial charge on any atom is -0.481 e. The Kier molecular flexibility index (Phi) is 5.48. The van der Waals surface area contributed by atoms with Crippen LogP contribution in [-0.4, -0.2) is 46.3 Å². The Morgan fingerprint density at radius 3 is 2.53 bits per heavy atom. The van der Waals surface area contributed by atoms with Crippen molar-refractivity contribution in [3.8, 4) is 0 Å². The van der Waals surface area contributed by atoms with Crippen LogP contribution in [0.15, 0.2) is 48.5 Å². The third-order valence-electron chi connectivity index (χ3n) is 7.41. The van der Waals surface area contributed by atoms with E-state index in [0.29, 0.717) is 17.7 Å². The molecule has 0 unspecified atom stereocenters. The summed E-state index contributed by atoms with van der Waals surface area (Å²) in [4.78, 5) is 53.3. The zero-order chi connectivity index (χ0) is 24.0. The van der Waals surface area contributed by atoms with E-state index in [9.17, 15) is 24.3 Å². The van der Waals surface area contributed by atoms with Crippen molar-refractivity contribution in [1.29, 1.82) is 0 Å². The van der Waals surface area contributed by atoms with Crippen LogP contribution in [0.2, 0.25) is 0 Å². The first kappa shape index (κ1) is 22.3. The van der Waals surface area contributed by atoms with Gasteiger partial charge in [-0.3, -0.25) is 29.4 Å². The highest BCUT2D eigenvalue weighted by atomic mass is 16.4. The van der Waals surface area contributed by atoms with Crippen molar-refractivity contribution in [1.82, 2.24) is 10.2 Å². The van der Waals surface area contributed by atoms with Crippen molar-refractivity contribution >= 4 is 29.4 Å². The molecule has 1 spiro atoms. The number of carbonyl (C=O) groups excluding carboxylic acids is 3. The number of hydrogen-bond donors (Lipinski definition) is 3. The molecule has 0 saturated carbocycles. The highest BCUT2D eigenvalue weighted by Crippen LogP contribution is 2.53. The van der Waals surface area contributed by atoms with Gasteiger partial charge in [-0.05, 0) is 36.5 Å². The molecular weight excluding hydrogens is 434 g/mol. The minimum atomic E-state index is -1.39. The maximum Gasteiger partial charge on any atom is 0.303 e. The Balaban J connectivity index is 1.54. The molecule has 3 aliphatic heterocycles. The van der Waals surface area contributed by atoms with Crippen molar-refractivity contribution in [2.45, 2.75) is 44.2 Å². The smallest absolute Gasteiger partial charge is 0.303 e. The van der Waals surface area contributed by atoms with Crippen LogP contribution in [0.5, 0.6) is 0 Å². The number of hydrogen-bond acceptors (Lipinski definition) is 5. The molecule has 3 N–H and O–H groups in total. The quantitative estimate of drug-likeness (QED) is 0.544. The first-order chi connectivity index (χ1) is 16.4. The summed E-state index contributed by atoms with van der Waals surface area (Å²) in [5.74, 6) is -3.76. The van der Waals surface area contributed by atoms with Crippen molar-refractivity contribution in [2.24, 2.45) is 11.8 Å². The molecule has 0 bridgehead atoms. The number of fused-ring (bicyclic) bond motifs is 4. The lowest BCUT2D eigenvalue weighted by Gasteiger charge is -2.29. The van der Waals surface area contributed by atoms with Gasteiger partial charge in [0.1, 0.15) is 5.54 Å². The summed E-state index contributed by atoms with van der Waals surface area (Å²) in [6.07, 6.45) is 1.26.